The van der Waals surface area contributed by atoms with Gasteiger partial charge in [-0.25, -0.2) is 0 Å². The summed E-state index contributed by atoms with van der Waals surface area (Å²) in [6.45, 7) is 5.34. The maximum absolute atomic E-state index is 11.9. The lowest BCUT2D eigenvalue weighted by Crippen LogP contribution is -2.31. The van der Waals surface area contributed by atoms with Gasteiger partial charge in [0.05, 0.1) is 0 Å². The predicted molar refractivity (Wildman–Crippen MR) is 91.9 cm³/mol. The van der Waals surface area contributed by atoms with Crippen molar-refractivity contribution >= 4 is 35.6 Å². The van der Waals surface area contributed by atoms with Crippen molar-refractivity contribution in [3.05, 3.63) is 46.3 Å². The number of hydrogen-bond acceptors (Lipinski definition) is 3. The van der Waals surface area contributed by atoms with Gasteiger partial charge in [-0.15, -0.1) is 0 Å². The summed E-state index contributed by atoms with van der Waals surface area (Å²) in [5.74, 6) is -0.496. The Morgan fingerprint density at radius 3 is 2.23 bits per heavy atom. The number of rotatable bonds is 4. The van der Waals surface area contributed by atoms with Gasteiger partial charge in [-0.2, -0.15) is 0 Å². The highest BCUT2D eigenvalue weighted by Crippen LogP contribution is 2.13. The molecule has 0 aliphatic rings. The maximum Gasteiger partial charge on any atom is 0.315 e. The van der Waals surface area contributed by atoms with Crippen LogP contribution in [-0.2, 0) is 16.0 Å². The summed E-state index contributed by atoms with van der Waals surface area (Å²) in [7, 11) is 14.0. The molecular weight excluding hydrogens is 273 g/mol. The van der Waals surface area contributed by atoms with Crippen LogP contribution >= 0.6 is 0 Å². The second kappa shape index (κ2) is 10.1. The highest BCUT2D eigenvalue weighted by atomic mass is 16.6. The number of carbonyl (C=O) groups excluding carboxylic acids is 1. The van der Waals surface area contributed by atoms with Gasteiger partial charge in [0.1, 0.15) is 11.6 Å². The van der Waals surface area contributed by atoms with Crippen molar-refractivity contribution in [1.82, 2.24) is 0 Å². The average molecular weight is 291 g/mol. The number of hydrogen-bond donors (Lipinski definition) is 0. The van der Waals surface area contributed by atoms with E-state index in [-0.39, 0.29) is 0 Å². The first-order valence-corrected chi connectivity index (χ1v) is 6.73. The molecule has 0 aliphatic carbocycles. The minimum atomic E-state index is -0.823. The SMILES string of the molecule is CC(C)(C)OC(=O)[C@H](Cc1ccccc1)N=[N+]=[N-].[B]B([B])[B]. The number of nitrogens with zero attached hydrogens (tertiary/aromatic N) is 3. The first-order valence-electron chi connectivity index (χ1n) is 6.73. The predicted octanol–water partition coefficient (Wildman–Crippen LogP) is 1.73. The van der Waals surface area contributed by atoms with Crippen molar-refractivity contribution < 1.29 is 9.53 Å². The molecule has 0 amide bonds. The fourth-order valence-corrected chi connectivity index (χ4v) is 1.44. The molecule has 0 fully saturated rings. The van der Waals surface area contributed by atoms with Crippen molar-refractivity contribution in [2.24, 2.45) is 5.11 Å². The molecule has 22 heavy (non-hydrogen) atoms. The summed E-state index contributed by atoms with van der Waals surface area (Å²) >= 11 is 0. The normalized spacial score (nSPS) is 11.2. The van der Waals surface area contributed by atoms with Crippen molar-refractivity contribution in [2.45, 2.75) is 38.8 Å². The van der Waals surface area contributed by atoms with Crippen molar-refractivity contribution in [3.63, 3.8) is 0 Å². The molecular formula is C13H17B4N3O2. The molecule has 0 heterocycles. The Morgan fingerprint density at radius 1 is 1.32 bits per heavy atom. The Bertz CT molecular complexity index is 497. The molecule has 1 rings (SSSR count). The van der Waals surface area contributed by atoms with Crippen LogP contribution < -0.4 is 0 Å². The Morgan fingerprint density at radius 2 is 1.82 bits per heavy atom. The molecule has 0 unspecified atom stereocenters. The number of carbonyl (C=O) groups is 1. The molecule has 5 nitrogen and oxygen atoms in total. The van der Waals surface area contributed by atoms with Crippen LogP contribution in [0.15, 0.2) is 35.4 Å². The van der Waals surface area contributed by atoms with E-state index in [1.807, 2.05) is 30.3 Å². The third kappa shape index (κ3) is 11.0. The van der Waals surface area contributed by atoms with Crippen LogP contribution in [0, 0.1) is 0 Å². The van der Waals surface area contributed by atoms with Gasteiger partial charge < -0.3 is 4.74 Å². The van der Waals surface area contributed by atoms with Crippen LogP contribution in [0.1, 0.15) is 26.3 Å². The molecule has 0 saturated carbocycles. The fraction of sp³-hybridized carbons (Fsp3) is 0.462. The van der Waals surface area contributed by atoms with Gasteiger partial charge in [-0.05, 0) is 38.3 Å². The van der Waals surface area contributed by atoms with E-state index in [0.717, 1.165) is 5.56 Å². The molecule has 6 radical (unpaired) electrons. The number of esters is 1. The highest BCUT2D eigenvalue weighted by molar-refractivity contribution is 7.49. The molecule has 1 aromatic carbocycles. The lowest BCUT2D eigenvalue weighted by molar-refractivity contribution is -0.156. The van der Waals surface area contributed by atoms with Crippen LogP contribution in [-0.4, -0.2) is 47.2 Å². The second-order valence-electron chi connectivity index (χ2n) is 5.52. The monoisotopic (exact) mass is 291 g/mol. The van der Waals surface area contributed by atoms with Gasteiger partial charge in [-0.1, -0.05) is 35.4 Å². The van der Waals surface area contributed by atoms with Gasteiger partial charge in [0.25, 0.3) is 0 Å². The number of benzene rings is 1. The van der Waals surface area contributed by atoms with Gasteiger partial charge in [-0.3, -0.25) is 4.79 Å². The summed E-state index contributed by atoms with van der Waals surface area (Å²) in [6, 6.07) is 8.57. The zero-order chi connectivity index (χ0) is 17.2. The van der Waals surface area contributed by atoms with Crippen LogP contribution in [0.5, 0.6) is 0 Å². The van der Waals surface area contributed by atoms with E-state index in [4.69, 9.17) is 10.3 Å². The van der Waals surface area contributed by atoms with Gasteiger partial charge in [0, 0.05) is 34.5 Å². The zero-order valence-electron chi connectivity index (χ0n) is 13.1. The summed E-state index contributed by atoms with van der Waals surface area (Å²) in [5.41, 5.74) is 8.86. The smallest absolute Gasteiger partial charge is 0.315 e. The van der Waals surface area contributed by atoms with E-state index in [1.165, 1.54) is 0 Å². The maximum atomic E-state index is 11.9. The van der Waals surface area contributed by atoms with E-state index < -0.39 is 24.0 Å². The van der Waals surface area contributed by atoms with E-state index >= 15 is 0 Å². The highest BCUT2D eigenvalue weighted by Gasteiger charge is 2.24. The molecule has 9 heteroatoms. The van der Waals surface area contributed by atoms with E-state index in [1.54, 1.807) is 20.8 Å². The largest absolute Gasteiger partial charge is 0.460 e. The summed E-state index contributed by atoms with van der Waals surface area (Å²) in [4.78, 5) is 14.6. The molecule has 0 saturated heterocycles. The average Bonchev–Trinajstić information content (AvgIpc) is 2.37. The second-order valence-corrected chi connectivity index (χ2v) is 5.52. The molecule has 1 aromatic rings. The van der Waals surface area contributed by atoms with Gasteiger partial charge >= 0.3 is 5.97 Å². The Kier molecular flexibility index (Phi) is 9.27. The molecule has 0 N–H and O–H groups in total. The molecule has 0 aromatic heterocycles. The Hall–Kier alpha value is -1.74. The molecule has 1 atom stereocenters. The molecule has 0 bridgehead atoms. The Labute approximate surface area is 136 Å². The van der Waals surface area contributed by atoms with Crippen LogP contribution in [0.4, 0.5) is 0 Å². The van der Waals surface area contributed by atoms with Gasteiger partial charge in [0.2, 0.25) is 0 Å². The first kappa shape index (κ1) is 20.3. The van der Waals surface area contributed by atoms with E-state index in [0.29, 0.717) is 6.42 Å². The summed E-state index contributed by atoms with van der Waals surface area (Å²) < 4.78 is 5.22. The topological polar surface area (TPSA) is 75.1 Å². The molecule has 0 aliphatic heterocycles. The lowest BCUT2D eigenvalue weighted by Gasteiger charge is -2.22. The minimum Gasteiger partial charge on any atom is -0.460 e. The molecule has 0 spiro atoms. The van der Waals surface area contributed by atoms with Crippen molar-refractivity contribution in [2.75, 3.05) is 0 Å². The first-order chi connectivity index (χ1) is 10.2. The summed E-state index contributed by atoms with van der Waals surface area (Å²) in [6.07, 6.45) is -0.320. The molecule has 108 valence electrons. The zero-order valence-corrected chi connectivity index (χ0v) is 13.1. The Balaban J connectivity index is 0.000000980. The van der Waals surface area contributed by atoms with Crippen molar-refractivity contribution in [3.8, 4) is 0 Å². The van der Waals surface area contributed by atoms with Crippen LogP contribution in [0.3, 0.4) is 0 Å². The summed E-state index contributed by atoms with van der Waals surface area (Å²) in [5, 5.41) is 3.51. The number of azide groups is 1. The third-order valence-electron chi connectivity index (χ3n) is 2.14. The quantitative estimate of drug-likeness (QED) is 0.278. The lowest BCUT2D eigenvalue weighted by atomic mass is 9.08. The van der Waals surface area contributed by atoms with Gasteiger partial charge in [0.15, 0.2) is 0 Å². The van der Waals surface area contributed by atoms with E-state index in [2.05, 4.69) is 33.2 Å². The van der Waals surface area contributed by atoms with E-state index in [9.17, 15) is 4.79 Å². The minimum absolute atomic E-state index is 0.347. The van der Waals surface area contributed by atoms with Crippen LogP contribution in [0.25, 0.3) is 10.4 Å². The van der Waals surface area contributed by atoms with Crippen LogP contribution in [0.2, 0.25) is 0 Å². The third-order valence-corrected chi connectivity index (χ3v) is 2.14. The fourth-order valence-electron chi connectivity index (χ4n) is 1.44. The standard InChI is InChI=1S/C13H17N3O2.B4/c1-13(2,3)18-12(17)11(15-16-14)9-10-7-5-4-6-8-10;1-4(2)3/h4-8,11H,9H2,1-3H3;/t11-;/m0./s1. The van der Waals surface area contributed by atoms with Crippen molar-refractivity contribution in [1.29, 1.82) is 0 Å². The number of ether oxygens (including phenoxy) is 1.